The van der Waals surface area contributed by atoms with Crippen molar-refractivity contribution in [2.45, 2.75) is 39.8 Å². The molecule has 0 N–H and O–H groups in total. The van der Waals surface area contributed by atoms with E-state index < -0.39 is 11.7 Å². The third-order valence-electron chi connectivity index (χ3n) is 3.25. The standard InChI is InChI=1S/C16H19F3O/c1-5-7-11(3)12(4)14-10-13(16(17,18)19)8-9-15(14)20-6-2/h8-12H,6H2,1-4H3. The van der Waals surface area contributed by atoms with Crippen LogP contribution < -0.4 is 4.74 Å². The zero-order chi connectivity index (χ0) is 15.3. The molecular formula is C16H19F3O. The first-order valence-corrected chi connectivity index (χ1v) is 6.57. The first kappa shape index (κ1) is 16.4. The normalized spacial score (nSPS) is 14.2. The van der Waals surface area contributed by atoms with Gasteiger partial charge in [0.1, 0.15) is 5.75 Å². The number of rotatable bonds is 4. The maximum atomic E-state index is 12.8. The predicted octanol–water partition coefficient (Wildman–Crippen LogP) is 4.87. The Balaban J connectivity index is 3.26. The van der Waals surface area contributed by atoms with Crippen LogP contribution in [0.4, 0.5) is 13.2 Å². The van der Waals surface area contributed by atoms with Gasteiger partial charge in [-0.05, 0) is 43.5 Å². The molecule has 2 unspecified atom stereocenters. The van der Waals surface area contributed by atoms with Gasteiger partial charge in [-0.2, -0.15) is 13.2 Å². The van der Waals surface area contributed by atoms with Gasteiger partial charge in [-0.25, -0.2) is 0 Å². The Morgan fingerprint density at radius 1 is 1.25 bits per heavy atom. The van der Waals surface area contributed by atoms with Crippen LogP contribution in [0.2, 0.25) is 0 Å². The Labute approximate surface area is 118 Å². The van der Waals surface area contributed by atoms with Crippen molar-refractivity contribution in [3.8, 4) is 17.6 Å². The summed E-state index contributed by atoms with van der Waals surface area (Å²) in [4.78, 5) is 0. The van der Waals surface area contributed by atoms with Crippen LogP contribution in [0.5, 0.6) is 5.75 Å². The number of benzene rings is 1. The van der Waals surface area contributed by atoms with Crippen molar-refractivity contribution in [3.05, 3.63) is 29.3 Å². The SMILES string of the molecule is CC#CC(C)C(C)c1cc(C(F)(F)F)ccc1OCC. The maximum Gasteiger partial charge on any atom is 0.416 e. The van der Waals surface area contributed by atoms with Gasteiger partial charge < -0.3 is 4.74 Å². The fourth-order valence-electron chi connectivity index (χ4n) is 1.99. The van der Waals surface area contributed by atoms with E-state index in [1.807, 2.05) is 13.8 Å². The number of halogens is 3. The van der Waals surface area contributed by atoms with Gasteiger partial charge in [0.15, 0.2) is 0 Å². The molecule has 0 aliphatic carbocycles. The average Bonchev–Trinajstić information content (AvgIpc) is 2.37. The highest BCUT2D eigenvalue weighted by molar-refractivity contribution is 5.41. The molecule has 0 saturated heterocycles. The molecule has 1 aromatic carbocycles. The van der Waals surface area contributed by atoms with Crippen LogP contribution in [0.25, 0.3) is 0 Å². The summed E-state index contributed by atoms with van der Waals surface area (Å²) in [5.74, 6) is 6.11. The van der Waals surface area contributed by atoms with E-state index in [2.05, 4.69) is 11.8 Å². The molecule has 1 rings (SSSR count). The average molecular weight is 284 g/mol. The van der Waals surface area contributed by atoms with E-state index in [0.717, 1.165) is 6.07 Å². The first-order valence-electron chi connectivity index (χ1n) is 6.57. The first-order chi connectivity index (χ1) is 9.31. The summed E-state index contributed by atoms with van der Waals surface area (Å²) < 4.78 is 43.9. The molecule has 110 valence electrons. The number of hydrogen-bond acceptors (Lipinski definition) is 1. The number of hydrogen-bond donors (Lipinski definition) is 0. The molecule has 0 aliphatic rings. The molecule has 20 heavy (non-hydrogen) atoms. The molecule has 0 heterocycles. The summed E-state index contributed by atoms with van der Waals surface area (Å²) in [6.45, 7) is 7.71. The smallest absolute Gasteiger partial charge is 0.416 e. The van der Waals surface area contributed by atoms with Crippen LogP contribution in [-0.4, -0.2) is 6.61 Å². The molecule has 0 spiro atoms. The number of alkyl halides is 3. The fourth-order valence-corrected chi connectivity index (χ4v) is 1.99. The lowest BCUT2D eigenvalue weighted by atomic mass is 9.87. The van der Waals surface area contributed by atoms with Gasteiger partial charge >= 0.3 is 6.18 Å². The molecule has 2 atom stereocenters. The second-order valence-electron chi connectivity index (χ2n) is 4.66. The topological polar surface area (TPSA) is 9.23 Å². The quantitative estimate of drug-likeness (QED) is 0.717. The van der Waals surface area contributed by atoms with Crippen molar-refractivity contribution < 1.29 is 17.9 Å². The fraction of sp³-hybridized carbons (Fsp3) is 0.500. The molecule has 0 aromatic heterocycles. The van der Waals surface area contributed by atoms with Crippen LogP contribution in [-0.2, 0) is 6.18 Å². The second-order valence-corrected chi connectivity index (χ2v) is 4.66. The molecule has 0 fully saturated rings. The Morgan fingerprint density at radius 3 is 2.40 bits per heavy atom. The Bertz CT molecular complexity index is 509. The molecule has 0 bridgehead atoms. The van der Waals surface area contributed by atoms with Crippen molar-refractivity contribution in [2.24, 2.45) is 5.92 Å². The second kappa shape index (κ2) is 6.69. The monoisotopic (exact) mass is 284 g/mol. The molecule has 1 aromatic rings. The van der Waals surface area contributed by atoms with Crippen molar-refractivity contribution in [2.75, 3.05) is 6.61 Å². The molecule has 0 saturated carbocycles. The highest BCUT2D eigenvalue weighted by Crippen LogP contribution is 2.37. The minimum absolute atomic E-state index is 0.0392. The lowest BCUT2D eigenvalue weighted by Gasteiger charge is -2.21. The van der Waals surface area contributed by atoms with Crippen molar-refractivity contribution in [1.82, 2.24) is 0 Å². The summed E-state index contributed by atoms with van der Waals surface area (Å²) in [6, 6.07) is 3.62. The third kappa shape index (κ3) is 3.93. The van der Waals surface area contributed by atoms with E-state index in [0.29, 0.717) is 17.9 Å². The van der Waals surface area contributed by atoms with E-state index in [9.17, 15) is 13.2 Å². The minimum Gasteiger partial charge on any atom is -0.494 e. The van der Waals surface area contributed by atoms with Gasteiger partial charge in [0, 0.05) is 5.92 Å². The van der Waals surface area contributed by atoms with Gasteiger partial charge in [0.25, 0.3) is 0 Å². The van der Waals surface area contributed by atoms with Gasteiger partial charge in [-0.1, -0.05) is 19.8 Å². The summed E-state index contributed by atoms with van der Waals surface area (Å²) in [5, 5.41) is 0. The van der Waals surface area contributed by atoms with Crippen LogP contribution in [0.3, 0.4) is 0 Å². The third-order valence-corrected chi connectivity index (χ3v) is 3.25. The zero-order valence-electron chi connectivity index (χ0n) is 12.1. The lowest BCUT2D eigenvalue weighted by Crippen LogP contribution is -2.11. The highest BCUT2D eigenvalue weighted by atomic mass is 19.4. The molecule has 4 heteroatoms. The van der Waals surface area contributed by atoms with E-state index in [-0.39, 0.29) is 11.8 Å². The number of ether oxygens (including phenoxy) is 1. The van der Waals surface area contributed by atoms with E-state index in [4.69, 9.17) is 4.74 Å². The Hall–Kier alpha value is -1.63. The molecule has 0 aliphatic heterocycles. The van der Waals surface area contributed by atoms with E-state index >= 15 is 0 Å². The summed E-state index contributed by atoms with van der Waals surface area (Å²) in [5.41, 5.74) is -0.101. The largest absolute Gasteiger partial charge is 0.494 e. The highest BCUT2D eigenvalue weighted by Gasteiger charge is 2.32. The molecule has 0 amide bonds. The van der Waals surface area contributed by atoms with Crippen LogP contribution in [0.15, 0.2) is 18.2 Å². The molecule has 1 nitrogen and oxygen atoms in total. The summed E-state index contributed by atoms with van der Waals surface area (Å²) in [6.07, 6.45) is -4.35. The van der Waals surface area contributed by atoms with Crippen LogP contribution in [0.1, 0.15) is 44.7 Å². The van der Waals surface area contributed by atoms with E-state index in [1.165, 1.54) is 12.1 Å². The lowest BCUT2D eigenvalue weighted by molar-refractivity contribution is -0.137. The van der Waals surface area contributed by atoms with Gasteiger partial charge in [-0.3, -0.25) is 0 Å². The van der Waals surface area contributed by atoms with Crippen molar-refractivity contribution in [1.29, 1.82) is 0 Å². The van der Waals surface area contributed by atoms with Gasteiger partial charge in [-0.15, -0.1) is 5.92 Å². The molecule has 0 radical (unpaired) electrons. The Kier molecular flexibility index (Phi) is 5.50. The van der Waals surface area contributed by atoms with Crippen LogP contribution >= 0.6 is 0 Å². The van der Waals surface area contributed by atoms with Crippen molar-refractivity contribution >= 4 is 0 Å². The molecular weight excluding hydrogens is 265 g/mol. The Morgan fingerprint density at radius 2 is 1.90 bits per heavy atom. The summed E-state index contributed by atoms with van der Waals surface area (Å²) >= 11 is 0. The van der Waals surface area contributed by atoms with Gasteiger partial charge in [0.05, 0.1) is 12.2 Å². The van der Waals surface area contributed by atoms with E-state index in [1.54, 1.807) is 13.8 Å². The van der Waals surface area contributed by atoms with Crippen LogP contribution in [0, 0.1) is 17.8 Å². The predicted molar refractivity (Wildman–Crippen MR) is 73.6 cm³/mol. The zero-order valence-corrected chi connectivity index (χ0v) is 12.1. The van der Waals surface area contributed by atoms with Crippen molar-refractivity contribution in [3.63, 3.8) is 0 Å². The van der Waals surface area contributed by atoms with Gasteiger partial charge in [0.2, 0.25) is 0 Å². The minimum atomic E-state index is -4.35. The maximum absolute atomic E-state index is 12.8. The summed E-state index contributed by atoms with van der Waals surface area (Å²) in [7, 11) is 0.